The number of nitrogens with zero attached hydrogens (tertiary/aromatic N) is 2. The number of unbranched alkanes of at least 4 members (excludes halogenated alkanes) is 1. The Morgan fingerprint density at radius 3 is 2.62 bits per heavy atom. The molecule has 0 saturated heterocycles. The van der Waals surface area contributed by atoms with E-state index in [0.717, 1.165) is 24.9 Å². The van der Waals surface area contributed by atoms with E-state index >= 15 is 0 Å². The molecule has 152 valence electrons. The summed E-state index contributed by atoms with van der Waals surface area (Å²) in [5.41, 5.74) is 2.17. The number of carbonyl (C=O) groups excluding carboxylic acids is 1. The molecule has 29 heavy (non-hydrogen) atoms. The number of hydrogen-bond donors (Lipinski definition) is 2. The Labute approximate surface area is 168 Å². The van der Waals surface area contributed by atoms with Gasteiger partial charge in [0, 0.05) is 49.8 Å². The predicted octanol–water partition coefficient (Wildman–Crippen LogP) is 4.09. The maximum absolute atomic E-state index is 12.4. The predicted molar refractivity (Wildman–Crippen MR) is 107 cm³/mol. The van der Waals surface area contributed by atoms with E-state index < -0.39 is 5.97 Å². The van der Waals surface area contributed by atoms with Crippen LogP contribution in [0.5, 0.6) is 5.75 Å². The molecule has 0 radical (unpaired) electrons. The van der Waals surface area contributed by atoms with Crippen molar-refractivity contribution in [1.82, 2.24) is 9.72 Å². The highest BCUT2D eigenvalue weighted by atomic mass is 16.5. The van der Waals surface area contributed by atoms with Gasteiger partial charge in [-0.05, 0) is 36.2 Å². The Bertz CT molecular complexity index is 985. The number of carboxylic acid groups (broad SMARTS) is 1. The zero-order valence-corrected chi connectivity index (χ0v) is 16.3. The second-order valence-electron chi connectivity index (χ2n) is 7.03. The number of ketones is 1. The average Bonchev–Trinajstić information content (AvgIpc) is 3.32. The van der Waals surface area contributed by atoms with Gasteiger partial charge >= 0.3 is 5.97 Å². The molecular weight excluding hydrogens is 372 g/mol. The highest BCUT2D eigenvalue weighted by molar-refractivity contribution is 5.92. The molecule has 0 aliphatic carbocycles. The summed E-state index contributed by atoms with van der Waals surface area (Å²) in [4.78, 5) is 23.9. The minimum absolute atomic E-state index is 0.0525. The fraction of sp³-hybridized carbons (Fsp3) is 0.318. The van der Waals surface area contributed by atoms with E-state index in [2.05, 4.69) is 12.1 Å². The zero-order chi connectivity index (χ0) is 20.8. The molecule has 0 saturated carbocycles. The second-order valence-corrected chi connectivity index (χ2v) is 7.03. The molecule has 0 unspecified atom stereocenters. The third-order valence-corrected chi connectivity index (χ3v) is 4.72. The number of rotatable bonds is 10. The summed E-state index contributed by atoms with van der Waals surface area (Å²) in [5, 5.41) is 22.7. The molecular formula is C22H24N2O5. The van der Waals surface area contributed by atoms with E-state index in [1.165, 1.54) is 0 Å². The van der Waals surface area contributed by atoms with E-state index in [9.17, 15) is 19.8 Å². The van der Waals surface area contributed by atoms with Crippen LogP contribution in [0.1, 0.15) is 47.9 Å². The number of benzene rings is 1. The van der Waals surface area contributed by atoms with Crippen LogP contribution < -0.4 is 0 Å². The van der Waals surface area contributed by atoms with Crippen molar-refractivity contribution in [2.45, 2.75) is 45.6 Å². The Kier molecular flexibility index (Phi) is 6.49. The maximum Gasteiger partial charge on any atom is 0.337 e. The number of Topliss-reactive ketones (excluding diaryl/α,β-unsaturated/α-hetero) is 1. The minimum atomic E-state index is -1.02. The van der Waals surface area contributed by atoms with E-state index in [-0.39, 0.29) is 29.9 Å². The van der Waals surface area contributed by atoms with Crippen molar-refractivity contribution in [3.63, 3.8) is 0 Å². The first-order chi connectivity index (χ1) is 14.0. The lowest BCUT2D eigenvalue weighted by Gasteiger charge is -2.00. The monoisotopic (exact) mass is 396 g/mol. The van der Waals surface area contributed by atoms with E-state index in [1.54, 1.807) is 42.7 Å². The van der Waals surface area contributed by atoms with Crippen molar-refractivity contribution >= 4 is 11.8 Å². The third-order valence-electron chi connectivity index (χ3n) is 4.72. The van der Waals surface area contributed by atoms with Crippen LogP contribution in [0.15, 0.2) is 47.2 Å². The van der Waals surface area contributed by atoms with Crippen LogP contribution >= 0.6 is 0 Å². The van der Waals surface area contributed by atoms with Crippen molar-refractivity contribution in [3.8, 4) is 17.0 Å². The van der Waals surface area contributed by atoms with Crippen LogP contribution in [0.2, 0.25) is 0 Å². The molecule has 2 heterocycles. The number of aromatic carboxylic acids is 1. The van der Waals surface area contributed by atoms with Crippen LogP contribution in [0.3, 0.4) is 0 Å². The van der Waals surface area contributed by atoms with Crippen LogP contribution in [0, 0.1) is 0 Å². The van der Waals surface area contributed by atoms with E-state index in [0.29, 0.717) is 23.4 Å². The molecule has 0 fully saturated rings. The van der Waals surface area contributed by atoms with Crippen molar-refractivity contribution in [1.29, 1.82) is 0 Å². The molecule has 0 aliphatic rings. The first-order valence-corrected chi connectivity index (χ1v) is 9.65. The van der Waals surface area contributed by atoms with Crippen molar-refractivity contribution in [3.05, 3.63) is 59.6 Å². The summed E-state index contributed by atoms with van der Waals surface area (Å²) in [5.74, 6) is -0.312. The summed E-state index contributed by atoms with van der Waals surface area (Å²) in [6.45, 7) is 2.81. The Morgan fingerprint density at radius 2 is 1.93 bits per heavy atom. The number of phenols is 1. The SMILES string of the molecule is CCCCn1cc(CC(=O)CCc2cc(-c3ccc(O)cc3)no2)c(C(=O)O)c1. The fourth-order valence-corrected chi connectivity index (χ4v) is 3.12. The van der Waals surface area contributed by atoms with E-state index in [4.69, 9.17) is 4.52 Å². The quantitative estimate of drug-likeness (QED) is 0.535. The Hall–Kier alpha value is -3.35. The molecule has 2 aromatic heterocycles. The van der Waals surface area contributed by atoms with Gasteiger partial charge in [0.05, 0.1) is 5.56 Å². The van der Waals surface area contributed by atoms with Gasteiger partial charge in [-0.1, -0.05) is 18.5 Å². The Balaban J connectivity index is 1.59. The standard InChI is InChI=1S/C22H24N2O5/c1-2-3-10-24-13-16(20(14-24)22(27)28)11-18(26)8-9-19-12-21(23-29-19)15-4-6-17(25)7-5-15/h4-7,12-14,25H,2-3,8-11H2,1H3,(H,27,28). The highest BCUT2D eigenvalue weighted by Crippen LogP contribution is 2.22. The maximum atomic E-state index is 12.4. The smallest absolute Gasteiger partial charge is 0.337 e. The number of aryl methyl sites for hydroxylation is 2. The normalized spacial score (nSPS) is 10.9. The summed E-state index contributed by atoms with van der Waals surface area (Å²) in [6.07, 6.45) is 6.04. The van der Waals surface area contributed by atoms with Gasteiger partial charge in [0.2, 0.25) is 0 Å². The highest BCUT2D eigenvalue weighted by Gasteiger charge is 2.17. The van der Waals surface area contributed by atoms with Crippen molar-refractivity contribution < 1.29 is 24.3 Å². The first kappa shape index (κ1) is 20.4. The number of aromatic hydroxyl groups is 1. The molecule has 0 aliphatic heterocycles. The van der Waals surface area contributed by atoms with Gasteiger partial charge in [0.25, 0.3) is 0 Å². The van der Waals surface area contributed by atoms with Gasteiger partial charge in [-0.15, -0.1) is 0 Å². The first-order valence-electron chi connectivity index (χ1n) is 9.65. The number of hydrogen-bond acceptors (Lipinski definition) is 5. The molecule has 7 heteroatoms. The number of carboxylic acids is 1. The van der Waals surface area contributed by atoms with Gasteiger partial charge in [-0.3, -0.25) is 4.79 Å². The number of phenolic OH excluding ortho intramolecular Hbond substituents is 1. The molecule has 0 bridgehead atoms. The summed E-state index contributed by atoms with van der Waals surface area (Å²) < 4.78 is 7.14. The molecule has 0 amide bonds. The molecule has 1 aromatic carbocycles. The third kappa shape index (κ3) is 5.34. The lowest BCUT2D eigenvalue weighted by atomic mass is 10.0. The molecule has 2 N–H and O–H groups in total. The van der Waals surface area contributed by atoms with Gasteiger partial charge in [-0.25, -0.2) is 4.79 Å². The molecule has 3 rings (SSSR count). The fourth-order valence-electron chi connectivity index (χ4n) is 3.12. The van der Waals surface area contributed by atoms with Crippen LogP contribution in [-0.2, 0) is 24.2 Å². The number of aromatic nitrogens is 2. The average molecular weight is 396 g/mol. The number of carbonyl (C=O) groups is 2. The van der Waals surface area contributed by atoms with Crippen molar-refractivity contribution in [2.24, 2.45) is 0 Å². The van der Waals surface area contributed by atoms with E-state index in [1.807, 2.05) is 4.57 Å². The van der Waals surface area contributed by atoms with Gasteiger partial charge in [0.15, 0.2) is 0 Å². The van der Waals surface area contributed by atoms with Gasteiger partial charge in [-0.2, -0.15) is 0 Å². The summed E-state index contributed by atoms with van der Waals surface area (Å²) in [6, 6.07) is 8.38. The largest absolute Gasteiger partial charge is 0.508 e. The second kappa shape index (κ2) is 9.23. The molecule has 3 aromatic rings. The minimum Gasteiger partial charge on any atom is -0.508 e. The van der Waals surface area contributed by atoms with Crippen LogP contribution in [-0.4, -0.2) is 31.7 Å². The zero-order valence-electron chi connectivity index (χ0n) is 16.3. The van der Waals surface area contributed by atoms with Crippen molar-refractivity contribution in [2.75, 3.05) is 0 Å². The topological polar surface area (TPSA) is 106 Å². The van der Waals surface area contributed by atoms with Crippen LogP contribution in [0.4, 0.5) is 0 Å². The lowest BCUT2D eigenvalue weighted by Crippen LogP contribution is -2.07. The molecule has 7 nitrogen and oxygen atoms in total. The molecule has 0 spiro atoms. The summed E-state index contributed by atoms with van der Waals surface area (Å²) in [7, 11) is 0. The lowest BCUT2D eigenvalue weighted by molar-refractivity contribution is -0.118. The van der Waals surface area contributed by atoms with Gasteiger partial charge < -0.3 is 19.3 Å². The molecule has 0 atom stereocenters. The van der Waals surface area contributed by atoms with Gasteiger partial charge in [0.1, 0.15) is 23.0 Å². The summed E-state index contributed by atoms with van der Waals surface area (Å²) >= 11 is 0. The van der Waals surface area contributed by atoms with Crippen LogP contribution in [0.25, 0.3) is 11.3 Å². The Morgan fingerprint density at radius 1 is 1.17 bits per heavy atom.